The van der Waals surface area contributed by atoms with E-state index in [0.717, 1.165) is 25.9 Å². The Labute approximate surface area is 115 Å². The van der Waals surface area contributed by atoms with Crippen molar-refractivity contribution in [3.05, 3.63) is 35.4 Å². The highest BCUT2D eigenvalue weighted by atomic mass is 16.2. The van der Waals surface area contributed by atoms with Gasteiger partial charge in [-0.2, -0.15) is 0 Å². The first-order valence-electron chi connectivity index (χ1n) is 7.37. The molecule has 1 aromatic rings. The van der Waals surface area contributed by atoms with Gasteiger partial charge in [0.1, 0.15) is 0 Å². The number of benzene rings is 1. The Morgan fingerprint density at radius 2 is 2.00 bits per heavy atom. The molecular formula is C16H22N2O. The molecule has 19 heavy (non-hydrogen) atoms. The van der Waals surface area contributed by atoms with Gasteiger partial charge in [-0.15, -0.1) is 0 Å². The number of carbonyl (C=O) groups is 1. The fourth-order valence-electron chi connectivity index (χ4n) is 3.35. The minimum absolute atomic E-state index is 0.119. The van der Waals surface area contributed by atoms with Gasteiger partial charge in [0, 0.05) is 19.1 Å². The van der Waals surface area contributed by atoms with E-state index < -0.39 is 0 Å². The van der Waals surface area contributed by atoms with Gasteiger partial charge in [0.05, 0.1) is 0 Å². The van der Waals surface area contributed by atoms with Crippen molar-refractivity contribution in [1.82, 2.24) is 10.2 Å². The molecule has 1 unspecified atom stereocenters. The minimum atomic E-state index is 0.119. The van der Waals surface area contributed by atoms with E-state index in [-0.39, 0.29) is 6.03 Å². The number of amides is 2. The lowest BCUT2D eigenvalue weighted by molar-refractivity contribution is 0.183. The zero-order valence-corrected chi connectivity index (χ0v) is 11.6. The average molecular weight is 258 g/mol. The first-order valence-corrected chi connectivity index (χ1v) is 7.37. The zero-order chi connectivity index (χ0) is 13.2. The molecule has 3 rings (SSSR count). The lowest BCUT2D eigenvalue weighted by Gasteiger charge is -2.33. The summed E-state index contributed by atoms with van der Waals surface area (Å²) in [6.45, 7) is 3.78. The SMILES string of the molecule is CC1CN(C(=O)NC2CCCC2)Cc2ccccc21. The van der Waals surface area contributed by atoms with Crippen molar-refractivity contribution in [1.29, 1.82) is 0 Å². The molecule has 1 heterocycles. The quantitative estimate of drug-likeness (QED) is 0.824. The zero-order valence-electron chi connectivity index (χ0n) is 11.6. The molecule has 1 N–H and O–H groups in total. The molecule has 1 aliphatic carbocycles. The van der Waals surface area contributed by atoms with Crippen LogP contribution < -0.4 is 5.32 Å². The predicted octanol–water partition coefficient (Wildman–Crippen LogP) is 3.26. The number of rotatable bonds is 1. The molecule has 2 aliphatic rings. The number of hydrogen-bond acceptors (Lipinski definition) is 1. The highest BCUT2D eigenvalue weighted by molar-refractivity contribution is 5.75. The van der Waals surface area contributed by atoms with E-state index in [1.54, 1.807) is 0 Å². The number of urea groups is 1. The van der Waals surface area contributed by atoms with Crippen LogP contribution in [-0.4, -0.2) is 23.5 Å². The van der Waals surface area contributed by atoms with Gasteiger partial charge in [0.15, 0.2) is 0 Å². The lowest BCUT2D eigenvalue weighted by atomic mass is 9.91. The summed E-state index contributed by atoms with van der Waals surface area (Å²) in [4.78, 5) is 14.3. The van der Waals surface area contributed by atoms with E-state index in [2.05, 4.69) is 36.5 Å². The van der Waals surface area contributed by atoms with Crippen molar-refractivity contribution >= 4 is 6.03 Å². The molecule has 1 saturated carbocycles. The summed E-state index contributed by atoms with van der Waals surface area (Å²) in [5.74, 6) is 0.430. The molecule has 1 fully saturated rings. The van der Waals surface area contributed by atoms with Crippen molar-refractivity contribution in [3.8, 4) is 0 Å². The van der Waals surface area contributed by atoms with Gasteiger partial charge in [0.25, 0.3) is 0 Å². The summed E-state index contributed by atoms with van der Waals surface area (Å²) >= 11 is 0. The minimum Gasteiger partial charge on any atom is -0.335 e. The summed E-state index contributed by atoms with van der Waals surface area (Å²) in [6.07, 6.45) is 4.80. The molecule has 1 aromatic carbocycles. The monoisotopic (exact) mass is 258 g/mol. The Morgan fingerprint density at radius 1 is 1.26 bits per heavy atom. The van der Waals surface area contributed by atoms with Crippen LogP contribution in [0.2, 0.25) is 0 Å². The smallest absolute Gasteiger partial charge is 0.317 e. The van der Waals surface area contributed by atoms with Crippen LogP contribution in [0.15, 0.2) is 24.3 Å². The van der Waals surface area contributed by atoms with E-state index >= 15 is 0 Å². The van der Waals surface area contributed by atoms with Gasteiger partial charge in [-0.3, -0.25) is 0 Å². The third kappa shape index (κ3) is 2.60. The normalized spacial score (nSPS) is 23.2. The predicted molar refractivity (Wildman–Crippen MR) is 76.1 cm³/mol. The van der Waals surface area contributed by atoms with Crippen LogP contribution in [0, 0.1) is 0 Å². The van der Waals surface area contributed by atoms with Crippen LogP contribution in [0.1, 0.15) is 49.7 Å². The first-order chi connectivity index (χ1) is 9.24. The standard InChI is InChI=1S/C16H22N2O/c1-12-10-18(11-13-6-2-5-9-15(12)13)16(19)17-14-7-3-4-8-14/h2,5-6,9,12,14H,3-4,7-8,10-11H2,1H3,(H,17,19). The van der Waals surface area contributed by atoms with Gasteiger partial charge < -0.3 is 10.2 Å². The maximum atomic E-state index is 12.3. The fourth-order valence-corrected chi connectivity index (χ4v) is 3.35. The first kappa shape index (κ1) is 12.5. The van der Waals surface area contributed by atoms with Crippen molar-refractivity contribution in [3.63, 3.8) is 0 Å². The van der Waals surface area contributed by atoms with Gasteiger partial charge in [-0.1, -0.05) is 44.0 Å². The Morgan fingerprint density at radius 3 is 2.79 bits per heavy atom. The number of nitrogens with zero attached hydrogens (tertiary/aromatic N) is 1. The third-order valence-electron chi connectivity index (χ3n) is 4.41. The van der Waals surface area contributed by atoms with Crippen molar-refractivity contribution in [2.45, 2.75) is 51.1 Å². The molecule has 1 atom stereocenters. The van der Waals surface area contributed by atoms with Crippen LogP contribution in [0.3, 0.4) is 0 Å². The lowest BCUT2D eigenvalue weighted by Crippen LogP contribution is -2.46. The van der Waals surface area contributed by atoms with Gasteiger partial charge >= 0.3 is 6.03 Å². The Bertz CT molecular complexity index is 466. The van der Waals surface area contributed by atoms with Crippen LogP contribution in [0.25, 0.3) is 0 Å². The molecular weight excluding hydrogens is 236 g/mol. The molecule has 102 valence electrons. The van der Waals surface area contributed by atoms with Gasteiger partial charge in [-0.25, -0.2) is 4.79 Å². The number of carbonyl (C=O) groups excluding carboxylic acids is 1. The maximum absolute atomic E-state index is 12.3. The largest absolute Gasteiger partial charge is 0.335 e. The number of fused-ring (bicyclic) bond motifs is 1. The van der Waals surface area contributed by atoms with Gasteiger partial charge in [-0.05, 0) is 29.9 Å². The van der Waals surface area contributed by atoms with Crippen molar-refractivity contribution < 1.29 is 4.79 Å². The molecule has 0 bridgehead atoms. The molecule has 3 heteroatoms. The summed E-state index contributed by atoms with van der Waals surface area (Å²) in [7, 11) is 0. The summed E-state index contributed by atoms with van der Waals surface area (Å²) in [5, 5.41) is 3.19. The van der Waals surface area contributed by atoms with E-state index in [1.807, 2.05) is 4.90 Å². The molecule has 1 aliphatic heterocycles. The average Bonchev–Trinajstić information content (AvgIpc) is 2.91. The van der Waals surface area contributed by atoms with Crippen molar-refractivity contribution in [2.75, 3.05) is 6.54 Å². The topological polar surface area (TPSA) is 32.3 Å². The van der Waals surface area contributed by atoms with E-state index in [1.165, 1.54) is 24.0 Å². The fraction of sp³-hybridized carbons (Fsp3) is 0.562. The number of hydrogen-bond donors (Lipinski definition) is 1. The van der Waals surface area contributed by atoms with E-state index in [4.69, 9.17) is 0 Å². The van der Waals surface area contributed by atoms with E-state index in [9.17, 15) is 4.79 Å². The molecule has 3 nitrogen and oxygen atoms in total. The molecule has 0 spiro atoms. The van der Waals surface area contributed by atoms with Crippen LogP contribution in [-0.2, 0) is 6.54 Å². The van der Waals surface area contributed by atoms with Crippen LogP contribution in [0.5, 0.6) is 0 Å². The third-order valence-corrected chi connectivity index (χ3v) is 4.41. The van der Waals surface area contributed by atoms with Crippen LogP contribution >= 0.6 is 0 Å². The summed E-state index contributed by atoms with van der Waals surface area (Å²) in [5.41, 5.74) is 2.69. The Hall–Kier alpha value is -1.51. The highest BCUT2D eigenvalue weighted by Crippen LogP contribution is 2.28. The second-order valence-corrected chi connectivity index (χ2v) is 5.91. The Balaban J connectivity index is 1.68. The summed E-state index contributed by atoms with van der Waals surface area (Å²) < 4.78 is 0. The van der Waals surface area contributed by atoms with Gasteiger partial charge in [0.2, 0.25) is 0 Å². The summed E-state index contributed by atoms with van der Waals surface area (Å²) in [6, 6.07) is 8.99. The second-order valence-electron chi connectivity index (χ2n) is 5.91. The van der Waals surface area contributed by atoms with Crippen LogP contribution in [0.4, 0.5) is 4.79 Å². The molecule has 0 aromatic heterocycles. The molecule has 0 saturated heterocycles. The van der Waals surface area contributed by atoms with E-state index in [0.29, 0.717) is 12.0 Å². The maximum Gasteiger partial charge on any atom is 0.317 e. The number of nitrogens with one attached hydrogen (secondary N) is 1. The molecule has 2 amide bonds. The highest BCUT2D eigenvalue weighted by Gasteiger charge is 2.27. The Kier molecular flexibility index (Phi) is 3.45. The van der Waals surface area contributed by atoms with Crippen molar-refractivity contribution in [2.24, 2.45) is 0 Å². The molecule has 0 radical (unpaired) electrons. The second kappa shape index (κ2) is 5.24.